The van der Waals surface area contributed by atoms with Gasteiger partial charge in [0.1, 0.15) is 6.04 Å². The van der Waals surface area contributed by atoms with Crippen molar-refractivity contribution in [3.05, 3.63) is 34.9 Å². The van der Waals surface area contributed by atoms with Gasteiger partial charge in [-0.15, -0.1) is 0 Å². The molecule has 4 atom stereocenters. The molecule has 5 rings (SSSR count). The maximum atomic E-state index is 12.9. The monoisotopic (exact) mass is 382 g/mol. The van der Waals surface area contributed by atoms with Crippen LogP contribution in [-0.4, -0.2) is 58.6 Å². The molecule has 2 saturated heterocycles. The first-order valence-corrected chi connectivity index (χ1v) is 9.75. The van der Waals surface area contributed by atoms with Crippen LogP contribution in [0.5, 0.6) is 0 Å². The Morgan fingerprint density at radius 2 is 1.86 bits per heavy atom. The molecular formula is C20H22N4O4. The molecule has 146 valence electrons. The highest BCUT2D eigenvalue weighted by Gasteiger charge is 2.46. The van der Waals surface area contributed by atoms with Gasteiger partial charge in [-0.3, -0.25) is 34.3 Å². The second-order valence-electron chi connectivity index (χ2n) is 8.34. The van der Waals surface area contributed by atoms with E-state index in [-0.39, 0.29) is 18.7 Å². The molecule has 1 saturated carbocycles. The molecule has 8 heteroatoms. The Morgan fingerprint density at radius 3 is 2.57 bits per heavy atom. The molecule has 8 nitrogen and oxygen atoms in total. The van der Waals surface area contributed by atoms with Crippen molar-refractivity contribution in [2.45, 2.75) is 37.9 Å². The molecule has 1 aromatic carbocycles. The Labute approximate surface area is 162 Å². The normalized spacial score (nSPS) is 32.2. The van der Waals surface area contributed by atoms with E-state index in [1.807, 2.05) is 6.07 Å². The van der Waals surface area contributed by atoms with Crippen LogP contribution in [0.1, 0.15) is 45.5 Å². The Balaban J connectivity index is 1.34. The summed E-state index contributed by atoms with van der Waals surface area (Å²) in [5.41, 5.74) is 7.70. The van der Waals surface area contributed by atoms with Crippen molar-refractivity contribution in [2.24, 2.45) is 17.6 Å². The molecule has 3 heterocycles. The molecule has 0 bridgehead atoms. The third-order valence-electron chi connectivity index (χ3n) is 6.60. The fraction of sp³-hybridized carbons (Fsp3) is 0.500. The van der Waals surface area contributed by atoms with Gasteiger partial charge in [-0.2, -0.15) is 0 Å². The Bertz CT molecular complexity index is 913. The SMILES string of the molecule is NC1CC2CN(Cc3ccc4c(c3)C(=O)N(C3CCC(=O)NC3=O)C4=O)CC12. The van der Waals surface area contributed by atoms with Gasteiger partial charge in [0.15, 0.2) is 0 Å². The molecule has 3 fully saturated rings. The lowest BCUT2D eigenvalue weighted by molar-refractivity contribution is -0.136. The zero-order valence-corrected chi connectivity index (χ0v) is 15.4. The molecule has 0 radical (unpaired) electrons. The Hall–Kier alpha value is -2.58. The summed E-state index contributed by atoms with van der Waals surface area (Å²) in [5, 5.41) is 2.21. The largest absolute Gasteiger partial charge is 0.327 e. The fourth-order valence-electron chi connectivity index (χ4n) is 5.06. The molecule has 28 heavy (non-hydrogen) atoms. The van der Waals surface area contributed by atoms with E-state index >= 15 is 0 Å². The number of carbonyl (C=O) groups is 4. The van der Waals surface area contributed by atoms with Gasteiger partial charge >= 0.3 is 0 Å². The van der Waals surface area contributed by atoms with E-state index in [1.165, 1.54) is 0 Å². The number of nitrogens with two attached hydrogens (primary N) is 1. The first kappa shape index (κ1) is 17.5. The minimum absolute atomic E-state index is 0.120. The summed E-state index contributed by atoms with van der Waals surface area (Å²) in [6.45, 7) is 2.70. The first-order valence-electron chi connectivity index (χ1n) is 9.75. The summed E-state index contributed by atoms with van der Waals surface area (Å²) in [7, 11) is 0. The highest BCUT2D eigenvalue weighted by Crippen LogP contribution is 2.40. The van der Waals surface area contributed by atoms with Crippen molar-refractivity contribution in [1.29, 1.82) is 0 Å². The summed E-state index contributed by atoms with van der Waals surface area (Å²) >= 11 is 0. The van der Waals surface area contributed by atoms with Crippen molar-refractivity contribution in [2.75, 3.05) is 13.1 Å². The van der Waals surface area contributed by atoms with Crippen LogP contribution in [0.3, 0.4) is 0 Å². The van der Waals surface area contributed by atoms with Crippen molar-refractivity contribution >= 4 is 23.6 Å². The van der Waals surface area contributed by atoms with E-state index in [1.54, 1.807) is 12.1 Å². The molecular weight excluding hydrogens is 360 g/mol. The fourth-order valence-corrected chi connectivity index (χ4v) is 5.06. The molecule has 0 spiro atoms. The standard InChI is InChI=1S/C20H22N4O4/c21-15-6-11-8-23(9-14(11)15)7-10-1-2-12-13(5-10)20(28)24(19(12)27)16-3-4-17(25)22-18(16)26/h1-2,5,11,14-16H,3-4,6-9,21H2,(H,22,25,26). The van der Waals surface area contributed by atoms with Gasteiger partial charge in [-0.05, 0) is 42.4 Å². The lowest BCUT2D eigenvalue weighted by Gasteiger charge is -2.36. The number of nitrogens with one attached hydrogen (secondary N) is 1. The lowest BCUT2D eigenvalue weighted by atomic mass is 9.72. The smallest absolute Gasteiger partial charge is 0.262 e. The first-order chi connectivity index (χ1) is 13.4. The van der Waals surface area contributed by atoms with Gasteiger partial charge in [0.05, 0.1) is 11.1 Å². The van der Waals surface area contributed by atoms with Crippen molar-refractivity contribution < 1.29 is 19.2 Å². The zero-order valence-electron chi connectivity index (χ0n) is 15.4. The van der Waals surface area contributed by atoms with Crippen LogP contribution in [0.15, 0.2) is 18.2 Å². The number of fused-ring (bicyclic) bond motifs is 2. The van der Waals surface area contributed by atoms with E-state index in [0.29, 0.717) is 35.5 Å². The molecule has 4 amide bonds. The topological polar surface area (TPSA) is 113 Å². The molecule has 4 aliphatic rings. The maximum absolute atomic E-state index is 12.9. The van der Waals surface area contributed by atoms with Crippen LogP contribution >= 0.6 is 0 Å². The zero-order chi connectivity index (χ0) is 19.6. The number of amides is 4. The molecule has 4 unspecified atom stereocenters. The summed E-state index contributed by atoms with van der Waals surface area (Å²) in [6, 6.07) is 4.69. The number of likely N-dealkylation sites (tertiary alicyclic amines) is 1. The van der Waals surface area contributed by atoms with Gasteiger partial charge in [0, 0.05) is 32.1 Å². The number of nitrogens with zero attached hydrogens (tertiary/aromatic N) is 2. The van der Waals surface area contributed by atoms with E-state index in [2.05, 4.69) is 10.2 Å². The molecule has 3 N–H and O–H groups in total. The van der Waals surface area contributed by atoms with Crippen molar-refractivity contribution in [3.8, 4) is 0 Å². The van der Waals surface area contributed by atoms with E-state index in [4.69, 9.17) is 5.73 Å². The predicted molar refractivity (Wildman–Crippen MR) is 98.0 cm³/mol. The molecule has 0 aromatic heterocycles. The van der Waals surface area contributed by atoms with Gasteiger partial charge in [-0.1, -0.05) is 6.07 Å². The van der Waals surface area contributed by atoms with Gasteiger partial charge in [0.25, 0.3) is 11.8 Å². The summed E-state index contributed by atoms with van der Waals surface area (Å²) < 4.78 is 0. The number of carbonyl (C=O) groups excluding carboxylic acids is 4. The number of hydrogen-bond donors (Lipinski definition) is 2. The minimum Gasteiger partial charge on any atom is -0.327 e. The summed E-state index contributed by atoms with van der Waals surface area (Å²) in [4.78, 5) is 52.5. The van der Waals surface area contributed by atoms with Crippen LogP contribution in [-0.2, 0) is 16.1 Å². The predicted octanol–water partition coefficient (Wildman–Crippen LogP) is -0.133. The quantitative estimate of drug-likeness (QED) is 0.704. The molecule has 1 aromatic rings. The summed E-state index contributed by atoms with van der Waals surface area (Å²) in [6.07, 6.45) is 1.37. The third-order valence-corrected chi connectivity index (χ3v) is 6.60. The van der Waals surface area contributed by atoms with Crippen LogP contribution < -0.4 is 11.1 Å². The van der Waals surface area contributed by atoms with E-state index in [9.17, 15) is 19.2 Å². The van der Waals surface area contributed by atoms with Crippen molar-refractivity contribution in [3.63, 3.8) is 0 Å². The Kier molecular flexibility index (Phi) is 3.89. The average molecular weight is 382 g/mol. The minimum atomic E-state index is -0.927. The average Bonchev–Trinajstić information content (AvgIpc) is 3.10. The van der Waals surface area contributed by atoms with Crippen molar-refractivity contribution in [1.82, 2.24) is 15.1 Å². The lowest BCUT2D eigenvalue weighted by Crippen LogP contribution is -2.54. The van der Waals surface area contributed by atoms with E-state index in [0.717, 1.165) is 30.0 Å². The van der Waals surface area contributed by atoms with Crippen LogP contribution in [0.4, 0.5) is 0 Å². The molecule has 3 aliphatic heterocycles. The second kappa shape index (κ2) is 6.22. The summed E-state index contributed by atoms with van der Waals surface area (Å²) in [5.74, 6) is -0.642. The van der Waals surface area contributed by atoms with E-state index < -0.39 is 23.8 Å². The van der Waals surface area contributed by atoms with Crippen LogP contribution in [0.25, 0.3) is 0 Å². The highest BCUT2D eigenvalue weighted by atomic mass is 16.2. The second-order valence-corrected chi connectivity index (χ2v) is 8.34. The highest BCUT2D eigenvalue weighted by molar-refractivity contribution is 6.23. The molecule has 1 aliphatic carbocycles. The third kappa shape index (κ3) is 2.59. The maximum Gasteiger partial charge on any atom is 0.262 e. The Morgan fingerprint density at radius 1 is 1.07 bits per heavy atom. The van der Waals surface area contributed by atoms with Gasteiger partial charge in [-0.25, -0.2) is 0 Å². The number of hydrogen-bond acceptors (Lipinski definition) is 6. The van der Waals surface area contributed by atoms with Gasteiger partial charge in [0.2, 0.25) is 11.8 Å². The van der Waals surface area contributed by atoms with Crippen LogP contribution in [0.2, 0.25) is 0 Å². The number of imide groups is 2. The number of rotatable bonds is 3. The number of benzene rings is 1. The number of piperidine rings is 1. The van der Waals surface area contributed by atoms with Gasteiger partial charge < -0.3 is 5.73 Å². The van der Waals surface area contributed by atoms with Crippen LogP contribution in [0, 0.1) is 11.8 Å².